The van der Waals surface area contributed by atoms with E-state index >= 15 is 0 Å². The molecule has 0 aromatic heterocycles. The molecule has 0 aliphatic rings. The van der Waals surface area contributed by atoms with Gasteiger partial charge in [0.25, 0.3) is 0 Å². The van der Waals surface area contributed by atoms with E-state index in [-0.39, 0.29) is 6.61 Å². The molecular weight excluding hydrogens is 383 g/mol. The van der Waals surface area contributed by atoms with Crippen molar-refractivity contribution in [1.29, 1.82) is 0 Å². The number of hydrogen-bond acceptors (Lipinski definition) is 3. The van der Waals surface area contributed by atoms with Crippen LogP contribution in [-0.2, 0) is 13.6 Å². The van der Waals surface area contributed by atoms with E-state index in [2.05, 4.69) is 6.92 Å². The maximum absolute atomic E-state index is 11.5. The molecule has 0 aliphatic carbocycles. The van der Waals surface area contributed by atoms with Crippen molar-refractivity contribution in [3.05, 3.63) is 0 Å². The third kappa shape index (κ3) is 24.3. The fourth-order valence-corrected chi connectivity index (χ4v) is 4.45. The van der Waals surface area contributed by atoms with Crippen LogP contribution in [0.1, 0.15) is 142 Å². The molecular formula is C24H51O4P. The van der Waals surface area contributed by atoms with Gasteiger partial charge in [0.1, 0.15) is 0 Å². The zero-order chi connectivity index (χ0) is 21.5. The number of phosphoric ester groups is 1. The molecule has 29 heavy (non-hydrogen) atoms. The molecule has 0 heterocycles. The fraction of sp³-hybridized carbons (Fsp3) is 1.00. The molecule has 0 saturated carbocycles. The van der Waals surface area contributed by atoms with Gasteiger partial charge in [0, 0.05) is 0 Å². The molecule has 0 fully saturated rings. The van der Waals surface area contributed by atoms with Crippen LogP contribution in [0.4, 0.5) is 0 Å². The van der Waals surface area contributed by atoms with Crippen molar-refractivity contribution < 1.29 is 18.5 Å². The van der Waals surface area contributed by atoms with Crippen LogP contribution in [0.25, 0.3) is 0 Å². The van der Waals surface area contributed by atoms with Crippen molar-refractivity contribution in [2.45, 2.75) is 142 Å². The smallest absolute Gasteiger partial charge is 0.302 e. The number of rotatable bonds is 24. The van der Waals surface area contributed by atoms with E-state index in [1.807, 2.05) is 6.92 Å². The predicted octanol–water partition coefficient (Wildman–Crippen LogP) is 8.96. The summed E-state index contributed by atoms with van der Waals surface area (Å²) in [7, 11) is -3.80. The summed E-state index contributed by atoms with van der Waals surface area (Å²) < 4.78 is 21.2. The summed E-state index contributed by atoms with van der Waals surface area (Å²) in [5, 5.41) is 0. The Morgan fingerprint density at radius 3 is 1.14 bits per heavy atom. The third-order valence-electron chi connectivity index (χ3n) is 5.46. The molecule has 176 valence electrons. The first kappa shape index (κ1) is 29.1. The van der Waals surface area contributed by atoms with E-state index in [9.17, 15) is 9.46 Å². The summed E-state index contributed by atoms with van der Waals surface area (Å²) in [5.41, 5.74) is 0. The molecule has 0 bridgehead atoms. The molecule has 0 aromatic carbocycles. The standard InChI is InChI=1S/C24H51O4P/c1-3-5-6-7-8-9-10-11-12-13-14-15-16-17-18-19-20-21-22-24-28-29(25,26)27-23-4-2/h3-24H2,1-2H3,(H,25,26). The summed E-state index contributed by atoms with van der Waals surface area (Å²) in [6.07, 6.45) is 26.2. The summed E-state index contributed by atoms with van der Waals surface area (Å²) in [6, 6.07) is 0. The first-order valence-electron chi connectivity index (χ1n) is 12.7. The van der Waals surface area contributed by atoms with Crippen molar-refractivity contribution in [1.82, 2.24) is 0 Å². The Morgan fingerprint density at radius 2 is 0.793 bits per heavy atom. The number of hydrogen-bond donors (Lipinski definition) is 1. The first-order chi connectivity index (χ1) is 14.1. The van der Waals surface area contributed by atoms with Gasteiger partial charge in [0.2, 0.25) is 0 Å². The molecule has 0 saturated heterocycles. The molecule has 0 spiro atoms. The average molecular weight is 435 g/mol. The topological polar surface area (TPSA) is 55.8 Å². The number of unbranched alkanes of at least 4 members (excludes halogenated alkanes) is 18. The van der Waals surface area contributed by atoms with Gasteiger partial charge in [-0.2, -0.15) is 0 Å². The lowest BCUT2D eigenvalue weighted by Gasteiger charge is -2.11. The van der Waals surface area contributed by atoms with E-state index in [0.29, 0.717) is 13.0 Å². The minimum atomic E-state index is -3.80. The summed E-state index contributed by atoms with van der Waals surface area (Å²) in [5.74, 6) is 0. The Hall–Kier alpha value is 0.110. The maximum atomic E-state index is 11.5. The van der Waals surface area contributed by atoms with E-state index < -0.39 is 7.82 Å². The molecule has 1 N–H and O–H groups in total. The molecule has 0 aromatic rings. The van der Waals surface area contributed by atoms with E-state index in [4.69, 9.17) is 9.05 Å². The van der Waals surface area contributed by atoms with Gasteiger partial charge in [-0.25, -0.2) is 4.57 Å². The van der Waals surface area contributed by atoms with Crippen molar-refractivity contribution in [2.24, 2.45) is 0 Å². The van der Waals surface area contributed by atoms with Crippen LogP contribution >= 0.6 is 7.82 Å². The highest BCUT2D eigenvalue weighted by Gasteiger charge is 2.19. The van der Waals surface area contributed by atoms with Gasteiger partial charge in [0.15, 0.2) is 0 Å². The van der Waals surface area contributed by atoms with E-state index in [0.717, 1.165) is 12.8 Å². The van der Waals surface area contributed by atoms with Gasteiger partial charge in [-0.15, -0.1) is 0 Å². The van der Waals surface area contributed by atoms with Crippen LogP contribution < -0.4 is 0 Å². The Morgan fingerprint density at radius 1 is 0.483 bits per heavy atom. The minimum absolute atomic E-state index is 0.271. The zero-order valence-corrected chi connectivity index (χ0v) is 20.6. The lowest BCUT2D eigenvalue weighted by Crippen LogP contribution is -1.98. The molecule has 0 amide bonds. The molecule has 5 heteroatoms. The Kier molecular flexibility index (Phi) is 22.9. The zero-order valence-electron chi connectivity index (χ0n) is 19.7. The largest absolute Gasteiger partial charge is 0.472 e. The van der Waals surface area contributed by atoms with Crippen LogP contribution in [0, 0.1) is 0 Å². The average Bonchev–Trinajstić information content (AvgIpc) is 2.71. The van der Waals surface area contributed by atoms with Crippen LogP contribution in [-0.4, -0.2) is 18.1 Å². The van der Waals surface area contributed by atoms with E-state index in [1.165, 1.54) is 109 Å². The molecule has 1 atom stereocenters. The van der Waals surface area contributed by atoms with Crippen molar-refractivity contribution in [3.63, 3.8) is 0 Å². The normalized spacial score (nSPS) is 13.6. The summed E-state index contributed by atoms with van der Waals surface area (Å²) in [4.78, 5) is 9.41. The van der Waals surface area contributed by atoms with Crippen LogP contribution in [0.2, 0.25) is 0 Å². The lowest BCUT2D eigenvalue weighted by atomic mass is 10.0. The minimum Gasteiger partial charge on any atom is -0.302 e. The Bertz CT molecular complexity index is 363. The second kappa shape index (κ2) is 22.8. The van der Waals surface area contributed by atoms with Crippen LogP contribution in [0.5, 0.6) is 0 Å². The molecule has 4 nitrogen and oxygen atoms in total. The van der Waals surface area contributed by atoms with Gasteiger partial charge in [-0.05, 0) is 12.8 Å². The predicted molar refractivity (Wildman–Crippen MR) is 125 cm³/mol. The first-order valence-corrected chi connectivity index (χ1v) is 14.2. The van der Waals surface area contributed by atoms with Crippen molar-refractivity contribution >= 4 is 7.82 Å². The second-order valence-corrected chi connectivity index (χ2v) is 9.95. The molecule has 1 unspecified atom stereocenters. The molecule has 0 aliphatic heterocycles. The Balaban J connectivity index is 3.13. The van der Waals surface area contributed by atoms with Gasteiger partial charge in [-0.1, -0.05) is 129 Å². The maximum Gasteiger partial charge on any atom is 0.472 e. The van der Waals surface area contributed by atoms with Crippen molar-refractivity contribution in [2.75, 3.05) is 13.2 Å². The highest BCUT2D eigenvalue weighted by Crippen LogP contribution is 2.43. The van der Waals surface area contributed by atoms with Crippen molar-refractivity contribution in [3.8, 4) is 0 Å². The Labute approximate surface area is 182 Å². The lowest BCUT2D eigenvalue weighted by molar-refractivity contribution is 0.147. The summed E-state index contributed by atoms with van der Waals surface area (Å²) >= 11 is 0. The van der Waals surface area contributed by atoms with E-state index in [1.54, 1.807) is 0 Å². The molecule has 0 radical (unpaired) electrons. The SMILES string of the molecule is CCCCCCCCCCCCCCCCCCCCCOP(=O)(O)OCCC. The molecule has 0 rings (SSSR count). The monoisotopic (exact) mass is 434 g/mol. The fourth-order valence-electron chi connectivity index (χ4n) is 3.60. The second-order valence-electron chi connectivity index (χ2n) is 8.50. The van der Waals surface area contributed by atoms with Gasteiger partial charge >= 0.3 is 7.82 Å². The van der Waals surface area contributed by atoms with Crippen LogP contribution in [0.15, 0.2) is 0 Å². The van der Waals surface area contributed by atoms with Crippen LogP contribution in [0.3, 0.4) is 0 Å². The van der Waals surface area contributed by atoms with Gasteiger partial charge in [0.05, 0.1) is 13.2 Å². The quantitative estimate of drug-likeness (QED) is 0.122. The van der Waals surface area contributed by atoms with Gasteiger partial charge in [-0.3, -0.25) is 9.05 Å². The highest BCUT2D eigenvalue weighted by atomic mass is 31.2. The third-order valence-corrected chi connectivity index (χ3v) is 6.48. The highest BCUT2D eigenvalue weighted by molar-refractivity contribution is 7.47. The summed E-state index contributed by atoms with van der Waals surface area (Å²) in [6.45, 7) is 4.77. The van der Waals surface area contributed by atoms with Gasteiger partial charge < -0.3 is 4.89 Å². The number of phosphoric acid groups is 1.